The lowest BCUT2D eigenvalue weighted by molar-refractivity contribution is 0.281. The first-order chi connectivity index (χ1) is 15.7. The zero-order valence-electron chi connectivity index (χ0n) is 17.5. The normalized spacial score (nSPS) is 17.7. The molecule has 4 aromatic rings. The minimum absolute atomic E-state index is 0.140. The molecule has 8 heteroatoms. The molecule has 0 radical (unpaired) electrons. The van der Waals surface area contributed by atoms with E-state index in [-0.39, 0.29) is 6.04 Å². The van der Waals surface area contributed by atoms with E-state index in [2.05, 4.69) is 67.4 Å². The molecule has 4 heterocycles. The summed E-state index contributed by atoms with van der Waals surface area (Å²) in [4.78, 5) is 11.9. The van der Waals surface area contributed by atoms with Crippen molar-refractivity contribution in [3.8, 4) is 11.1 Å². The van der Waals surface area contributed by atoms with Gasteiger partial charge in [-0.15, -0.1) is 5.53 Å². The van der Waals surface area contributed by atoms with Crippen molar-refractivity contribution in [3.05, 3.63) is 82.9 Å². The van der Waals surface area contributed by atoms with Crippen LogP contribution in [0.2, 0.25) is 5.02 Å². The van der Waals surface area contributed by atoms with Crippen LogP contribution in [0.15, 0.2) is 66.8 Å². The molecule has 6 rings (SSSR count). The number of nitrogens with one attached hydrogen (secondary N) is 4. The molecule has 160 valence electrons. The van der Waals surface area contributed by atoms with Gasteiger partial charge in [0.1, 0.15) is 5.52 Å². The topological polar surface area (TPSA) is 80.9 Å². The molecule has 0 saturated carbocycles. The lowest BCUT2D eigenvalue weighted by Gasteiger charge is -2.21. The molecule has 0 aliphatic carbocycles. The molecule has 2 aliphatic heterocycles. The number of hydrogen-bond acceptors (Lipinski definition) is 6. The summed E-state index contributed by atoms with van der Waals surface area (Å²) in [5.74, 6) is 0. The Morgan fingerprint density at radius 3 is 2.81 bits per heavy atom. The van der Waals surface area contributed by atoms with Gasteiger partial charge >= 0.3 is 0 Å². The SMILES string of the molecule is CC1=C2c3ccc(-c4cnc5[nH]cnc5c4)cc3C(Nc3ccc(Cl)cc3)CCN2NN1. The van der Waals surface area contributed by atoms with Crippen LogP contribution >= 0.6 is 11.6 Å². The molecule has 4 N–H and O–H groups in total. The number of anilines is 1. The van der Waals surface area contributed by atoms with Crippen LogP contribution in [0, 0.1) is 0 Å². The van der Waals surface area contributed by atoms with E-state index in [0.29, 0.717) is 0 Å². The number of fused-ring (bicyclic) bond motifs is 4. The van der Waals surface area contributed by atoms with Gasteiger partial charge in [-0.2, -0.15) is 0 Å². The second-order valence-corrected chi connectivity index (χ2v) is 8.59. The van der Waals surface area contributed by atoms with E-state index in [1.54, 1.807) is 6.33 Å². The van der Waals surface area contributed by atoms with Crippen molar-refractivity contribution in [2.24, 2.45) is 0 Å². The number of imidazole rings is 1. The van der Waals surface area contributed by atoms with E-state index in [1.807, 2.05) is 30.5 Å². The summed E-state index contributed by atoms with van der Waals surface area (Å²) < 4.78 is 0. The van der Waals surface area contributed by atoms with Crippen molar-refractivity contribution in [2.75, 3.05) is 11.9 Å². The van der Waals surface area contributed by atoms with Crippen LogP contribution in [0.25, 0.3) is 28.0 Å². The zero-order chi connectivity index (χ0) is 21.7. The number of hydrazine groups is 2. The zero-order valence-corrected chi connectivity index (χ0v) is 18.2. The van der Waals surface area contributed by atoms with E-state index in [4.69, 9.17) is 11.6 Å². The Hall–Kier alpha value is -3.55. The predicted molar refractivity (Wildman–Crippen MR) is 127 cm³/mol. The number of pyridine rings is 1. The highest BCUT2D eigenvalue weighted by atomic mass is 35.5. The number of aromatic nitrogens is 3. The third kappa shape index (κ3) is 3.26. The summed E-state index contributed by atoms with van der Waals surface area (Å²) in [6.07, 6.45) is 4.51. The third-order valence-electron chi connectivity index (χ3n) is 6.12. The molecule has 2 aliphatic rings. The molecule has 0 bridgehead atoms. The van der Waals surface area contributed by atoms with E-state index in [1.165, 1.54) is 16.8 Å². The molecule has 0 saturated heterocycles. The summed E-state index contributed by atoms with van der Waals surface area (Å²) >= 11 is 6.10. The van der Waals surface area contributed by atoms with Gasteiger partial charge < -0.3 is 15.7 Å². The Morgan fingerprint density at radius 2 is 1.94 bits per heavy atom. The molecule has 7 nitrogen and oxygen atoms in total. The van der Waals surface area contributed by atoms with Gasteiger partial charge in [-0.25, -0.2) is 9.97 Å². The van der Waals surface area contributed by atoms with Crippen LogP contribution in [0.5, 0.6) is 0 Å². The minimum atomic E-state index is 0.140. The minimum Gasteiger partial charge on any atom is -0.378 e. The quantitative estimate of drug-likeness (QED) is 0.362. The summed E-state index contributed by atoms with van der Waals surface area (Å²) in [5.41, 5.74) is 16.2. The Kier molecular flexibility index (Phi) is 4.52. The summed E-state index contributed by atoms with van der Waals surface area (Å²) in [7, 11) is 0. The summed E-state index contributed by atoms with van der Waals surface area (Å²) in [6, 6.07) is 16.8. The van der Waals surface area contributed by atoms with Gasteiger partial charge in [0.05, 0.1) is 23.8 Å². The maximum Gasteiger partial charge on any atom is 0.157 e. The first-order valence-corrected chi connectivity index (χ1v) is 11.0. The van der Waals surface area contributed by atoms with Crippen LogP contribution < -0.4 is 16.3 Å². The fraction of sp³-hybridized carbons (Fsp3) is 0.167. The third-order valence-corrected chi connectivity index (χ3v) is 6.37. The average Bonchev–Trinajstić information content (AvgIpc) is 3.39. The van der Waals surface area contributed by atoms with E-state index in [9.17, 15) is 0 Å². The predicted octanol–water partition coefficient (Wildman–Crippen LogP) is 4.85. The van der Waals surface area contributed by atoms with Crippen molar-refractivity contribution in [1.82, 2.24) is 30.9 Å². The Morgan fingerprint density at radius 1 is 1.06 bits per heavy atom. The Balaban J connectivity index is 1.46. The van der Waals surface area contributed by atoms with Crippen molar-refractivity contribution in [1.29, 1.82) is 0 Å². The standard InChI is InChI=1S/C24H22ClN7/c1-14-23-19-7-2-15(16-11-22-24(26-12-16)28-13-27-22)10-20(19)21(8-9-32(23)31-30-14)29-18-5-3-17(25)4-6-18/h2-7,10-13,21,29-31H,8-9H2,1H3,(H,26,27,28). The lowest BCUT2D eigenvalue weighted by Crippen LogP contribution is -2.37. The summed E-state index contributed by atoms with van der Waals surface area (Å²) in [6.45, 7) is 2.97. The van der Waals surface area contributed by atoms with E-state index >= 15 is 0 Å². The van der Waals surface area contributed by atoms with Gasteiger partial charge in [0.2, 0.25) is 0 Å². The second-order valence-electron chi connectivity index (χ2n) is 8.15. The van der Waals surface area contributed by atoms with Crippen LogP contribution in [-0.4, -0.2) is 26.5 Å². The monoisotopic (exact) mass is 443 g/mol. The van der Waals surface area contributed by atoms with Gasteiger partial charge in [0.15, 0.2) is 5.65 Å². The average molecular weight is 444 g/mol. The molecule has 2 aromatic heterocycles. The summed E-state index contributed by atoms with van der Waals surface area (Å²) in [5, 5.41) is 6.65. The molecule has 32 heavy (non-hydrogen) atoms. The maximum absolute atomic E-state index is 6.10. The highest BCUT2D eigenvalue weighted by Crippen LogP contribution is 2.39. The van der Waals surface area contributed by atoms with Crippen LogP contribution in [-0.2, 0) is 0 Å². The highest BCUT2D eigenvalue weighted by Gasteiger charge is 2.30. The number of hydrogen-bond donors (Lipinski definition) is 4. The molecule has 0 amide bonds. The van der Waals surface area contributed by atoms with Crippen LogP contribution in [0.3, 0.4) is 0 Å². The number of nitrogens with zero attached hydrogens (tertiary/aromatic N) is 3. The van der Waals surface area contributed by atoms with Crippen molar-refractivity contribution in [3.63, 3.8) is 0 Å². The van der Waals surface area contributed by atoms with Gasteiger partial charge in [0, 0.05) is 34.6 Å². The second kappa shape index (κ2) is 7.55. The molecule has 1 atom stereocenters. The number of aromatic amines is 1. The van der Waals surface area contributed by atoms with Crippen molar-refractivity contribution >= 4 is 34.1 Å². The first kappa shape index (κ1) is 19.2. The molecular weight excluding hydrogens is 422 g/mol. The van der Waals surface area contributed by atoms with E-state index < -0.39 is 0 Å². The maximum atomic E-state index is 6.10. The highest BCUT2D eigenvalue weighted by molar-refractivity contribution is 6.30. The fourth-order valence-electron chi connectivity index (χ4n) is 4.52. The van der Waals surface area contributed by atoms with Crippen LogP contribution in [0.4, 0.5) is 5.69 Å². The molecule has 0 spiro atoms. The Bertz CT molecular complexity index is 1340. The number of rotatable bonds is 3. The first-order valence-electron chi connectivity index (χ1n) is 10.6. The van der Waals surface area contributed by atoms with Gasteiger partial charge in [-0.05, 0) is 60.9 Å². The van der Waals surface area contributed by atoms with Crippen LogP contribution in [0.1, 0.15) is 30.5 Å². The number of allylic oxidation sites excluding steroid dienone is 1. The molecular formula is C24H22ClN7. The van der Waals surface area contributed by atoms with Crippen molar-refractivity contribution < 1.29 is 0 Å². The van der Waals surface area contributed by atoms with Gasteiger partial charge in [0.25, 0.3) is 0 Å². The van der Waals surface area contributed by atoms with Gasteiger partial charge in [-0.3, -0.25) is 5.01 Å². The van der Waals surface area contributed by atoms with Gasteiger partial charge in [-0.1, -0.05) is 23.7 Å². The fourth-order valence-corrected chi connectivity index (χ4v) is 4.65. The van der Waals surface area contributed by atoms with E-state index in [0.717, 1.165) is 51.7 Å². The Labute approximate surface area is 190 Å². The molecule has 2 aromatic carbocycles. The number of H-pyrrole nitrogens is 1. The molecule has 1 unspecified atom stereocenters. The molecule has 0 fully saturated rings. The number of benzene rings is 2. The van der Waals surface area contributed by atoms with Crippen molar-refractivity contribution in [2.45, 2.75) is 19.4 Å². The lowest BCUT2D eigenvalue weighted by atomic mass is 9.93. The largest absolute Gasteiger partial charge is 0.378 e. The number of halogens is 1. The smallest absolute Gasteiger partial charge is 0.157 e.